The molecule has 0 amide bonds. The molecular weight excluding hydrogens is 258 g/mol. The molecule has 1 fully saturated rings. The summed E-state index contributed by atoms with van der Waals surface area (Å²) in [4.78, 5) is 0. The van der Waals surface area contributed by atoms with Gasteiger partial charge in [-0.3, -0.25) is 0 Å². The smallest absolute Gasteiger partial charge is 0.0952 e. The maximum absolute atomic E-state index is 6.50. The van der Waals surface area contributed by atoms with Crippen molar-refractivity contribution in [2.45, 2.75) is 59.2 Å². The van der Waals surface area contributed by atoms with Gasteiger partial charge in [-0.25, -0.2) is 0 Å². The van der Waals surface area contributed by atoms with Crippen LogP contribution < -0.4 is 5.32 Å². The average molecular weight is 289 g/mol. The Kier molecular flexibility index (Phi) is 5.45. The first-order chi connectivity index (χ1) is 9.89. The SMILES string of the molecule is CNCC(OC1CC(C)CC(C)(C)C1)c1ccc(C)cc1. The highest BCUT2D eigenvalue weighted by Crippen LogP contribution is 2.41. The van der Waals surface area contributed by atoms with Gasteiger partial charge in [-0.05, 0) is 50.1 Å². The van der Waals surface area contributed by atoms with Crippen molar-refractivity contribution in [3.63, 3.8) is 0 Å². The van der Waals surface area contributed by atoms with E-state index in [9.17, 15) is 0 Å². The molecule has 118 valence electrons. The quantitative estimate of drug-likeness (QED) is 0.862. The monoisotopic (exact) mass is 289 g/mol. The molecule has 0 radical (unpaired) electrons. The highest BCUT2D eigenvalue weighted by atomic mass is 16.5. The second-order valence-electron chi connectivity index (χ2n) is 7.63. The summed E-state index contributed by atoms with van der Waals surface area (Å²) in [5.74, 6) is 0.756. The van der Waals surface area contributed by atoms with Crippen molar-refractivity contribution in [1.29, 1.82) is 0 Å². The van der Waals surface area contributed by atoms with Crippen molar-refractivity contribution in [2.75, 3.05) is 13.6 Å². The lowest BCUT2D eigenvalue weighted by molar-refractivity contribution is -0.0656. The predicted molar refractivity (Wildman–Crippen MR) is 89.5 cm³/mol. The Hall–Kier alpha value is -0.860. The van der Waals surface area contributed by atoms with Crippen LogP contribution in [0.25, 0.3) is 0 Å². The normalized spacial score (nSPS) is 26.5. The number of hydrogen-bond acceptors (Lipinski definition) is 2. The first-order valence-corrected chi connectivity index (χ1v) is 8.26. The van der Waals surface area contributed by atoms with Crippen LogP contribution in [0.1, 0.15) is 57.3 Å². The Balaban J connectivity index is 2.07. The molecule has 1 aromatic carbocycles. The molecule has 1 saturated carbocycles. The second kappa shape index (κ2) is 6.93. The van der Waals surface area contributed by atoms with Crippen LogP contribution in [0.5, 0.6) is 0 Å². The molecule has 0 aliphatic heterocycles. The first-order valence-electron chi connectivity index (χ1n) is 8.26. The predicted octanol–water partition coefficient (Wildman–Crippen LogP) is 4.49. The molecule has 3 unspecified atom stereocenters. The lowest BCUT2D eigenvalue weighted by Crippen LogP contribution is -2.35. The van der Waals surface area contributed by atoms with E-state index in [0.29, 0.717) is 11.5 Å². The Morgan fingerprint density at radius 1 is 1.24 bits per heavy atom. The molecule has 0 bridgehead atoms. The fourth-order valence-electron chi connectivity index (χ4n) is 3.81. The van der Waals surface area contributed by atoms with Crippen LogP contribution in [-0.4, -0.2) is 19.7 Å². The van der Waals surface area contributed by atoms with Crippen LogP contribution in [0, 0.1) is 18.3 Å². The van der Waals surface area contributed by atoms with Crippen LogP contribution in [0.2, 0.25) is 0 Å². The Labute approximate surface area is 130 Å². The number of benzene rings is 1. The summed E-state index contributed by atoms with van der Waals surface area (Å²) in [7, 11) is 2.00. The third-order valence-electron chi connectivity index (χ3n) is 4.54. The number of rotatable bonds is 5. The van der Waals surface area contributed by atoms with Gasteiger partial charge in [-0.1, -0.05) is 50.6 Å². The van der Waals surface area contributed by atoms with Gasteiger partial charge in [0.25, 0.3) is 0 Å². The van der Waals surface area contributed by atoms with Gasteiger partial charge in [0.15, 0.2) is 0 Å². The Bertz CT molecular complexity index is 437. The molecule has 0 saturated heterocycles. The summed E-state index contributed by atoms with van der Waals surface area (Å²) >= 11 is 0. The minimum absolute atomic E-state index is 0.154. The fourth-order valence-corrected chi connectivity index (χ4v) is 3.81. The van der Waals surface area contributed by atoms with E-state index in [0.717, 1.165) is 12.5 Å². The summed E-state index contributed by atoms with van der Waals surface area (Å²) in [6, 6.07) is 8.76. The van der Waals surface area contributed by atoms with Gasteiger partial charge in [0.2, 0.25) is 0 Å². The molecule has 0 aromatic heterocycles. The minimum Gasteiger partial charge on any atom is -0.369 e. The van der Waals surface area contributed by atoms with Crippen molar-refractivity contribution >= 4 is 0 Å². The number of nitrogens with one attached hydrogen (secondary N) is 1. The molecule has 1 aliphatic rings. The zero-order valence-electron chi connectivity index (χ0n) is 14.3. The number of hydrogen-bond donors (Lipinski definition) is 1. The molecule has 2 nitrogen and oxygen atoms in total. The first kappa shape index (κ1) is 16.5. The van der Waals surface area contributed by atoms with Gasteiger partial charge in [-0.15, -0.1) is 0 Å². The zero-order valence-corrected chi connectivity index (χ0v) is 14.3. The highest BCUT2D eigenvalue weighted by Gasteiger charge is 2.33. The molecule has 0 spiro atoms. The topological polar surface area (TPSA) is 21.3 Å². The zero-order chi connectivity index (χ0) is 15.5. The largest absolute Gasteiger partial charge is 0.369 e. The molecule has 3 atom stereocenters. The molecule has 1 aromatic rings. The van der Waals surface area contributed by atoms with Crippen molar-refractivity contribution in [3.05, 3.63) is 35.4 Å². The van der Waals surface area contributed by atoms with E-state index in [1.54, 1.807) is 0 Å². The Morgan fingerprint density at radius 2 is 1.90 bits per heavy atom. The van der Waals surface area contributed by atoms with Crippen molar-refractivity contribution in [2.24, 2.45) is 11.3 Å². The van der Waals surface area contributed by atoms with Crippen LogP contribution in [0.4, 0.5) is 0 Å². The summed E-state index contributed by atoms with van der Waals surface area (Å²) in [5.41, 5.74) is 2.99. The van der Waals surface area contributed by atoms with Crippen molar-refractivity contribution < 1.29 is 4.74 Å². The lowest BCUT2D eigenvalue weighted by Gasteiger charge is -2.40. The summed E-state index contributed by atoms with van der Waals surface area (Å²) in [5, 5.41) is 3.28. The number of likely N-dealkylation sites (N-methyl/N-ethyl adjacent to an activating group) is 1. The van der Waals surface area contributed by atoms with Gasteiger partial charge in [0.1, 0.15) is 0 Å². The average Bonchev–Trinajstić information content (AvgIpc) is 2.36. The number of aryl methyl sites for hydroxylation is 1. The van der Waals surface area contributed by atoms with E-state index in [1.807, 2.05) is 7.05 Å². The molecule has 2 rings (SSSR count). The van der Waals surface area contributed by atoms with E-state index in [-0.39, 0.29) is 6.10 Å². The standard InChI is InChI=1S/C19H31NO/c1-14-6-8-16(9-7-14)18(13-20-5)21-17-10-15(2)11-19(3,4)12-17/h6-9,15,17-18,20H,10-13H2,1-5H3. The van der Waals surface area contributed by atoms with Gasteiger partial charge < -0.3 is 10.1 Å². The van der Waals surface area contributed by atoms with Crippen LogP contribution in [0.3, 0.4) is 0 Å². The van der Waals surface area contributed by atoms with Crippen molar-refractivity contribution in [3.8, 4) is 0 Å². The fraction of sp³-hybridized carbons (Fsp3) is 0.684. The van der Waals surface area contributed by atoms with E-state index < -0.39 is 0 Å². The molecule has 1 aliphatic carbocycles. The van der Waals surface area contributed by atoms with Crippen molar-refractivity contribution in [1.82, 2.24) is 5.32 Å². The Morgan fingerprint density at radius 3 is 2.48 bits per heavy atom. The second-order valence-corrected chi connectivity index (χ2v) is 7.63. The van der Waals surface area contributed by atoms with Gasteiger partial charge >= 0.3 is 0 Å². The van der Waals surface area contributed by atoms with Crippen LogP contribution in [0.15, 0.2) is 24.3 Å². The molecule has 2 heteroatoms. The maximum Gasteiger partial charge on any atom is 0.0952 e. The summed E-state index contributed by atoms with van der Waals surface area (Å²) < 4.78 is 6.50. The number of ether oxygens (including phenoxy) is 1. The van der Waals surface area contributed by atoms with E-state index >= 15 is 0 Å². The molecule has 1 N–H and O–H groups in total. The molecular formula is C19H31NO. The molecule has 0 heterocycles. The van der Waals surface area contributed by atoms with Gasteiger partial charge in [0, 0.05) is 6.54 Å². The molecule has 21 heavy (non-hydrogen) atoms. The van der Waals surface area contributed by atoms with Gasteiger partial charge in [0.05, 0.1) is 12.2 Å². The third kappa shape index (κ3) is 4.82. The van der Waals surface area contributed by atoms with Gasteiger partial charge in [-0.2, -0.15) is 0 Å². The summed E-state index contributed by atoms with van der Waals surface area (Å²) in [6.45, 7) is 10.1. The summed E-state index contributed by atoms with van der Waals surface area (Å²) in [6.07, 6.45) is 4.21. The van der Waals surface area contributed by atoms with Crippen LogP contribution in [-0.2, 0) is 4.74 Å². The maximum atomic E-state index is 6.50. The van der Waals surface area contributed by atoms with E-state index in [4.69, 9.17) is 4.74 Å². The lowest BCUT2D eigenvalue weighted by atomic mass is 9.71. The minimum atomic E-state index is 0.154. The third-order valence-corrected chi connectivity index (χ3v) is 4.54. The van der Waals surface area contributed by atoms with Crippen LogP contribution >= 0.6 is 0 Å². The highest BCUT2D eigenvalue weighted by molar-refractivity contribution is 5.23. The van der Waals surface area contributed by atoms with E-state index in [1.165, 1.54) is 30.4 Å². The van der Waals surface area contributed by atoms with E-state index in [2.05, 4.69) is 57.3 Å².